The smallest absolute Gasteiger partial charge is 0.161 e. The second-order valence-corrected chi connectivity index (χ2v) is 6.03. The highest BCUT2D eigenvalue weighted by molar-refractivity contribution is 7.99. The van der Waals surface area contributed by atoms with E-state index in [1.807, 2.05) is 49.9 Å². The van der Waals surface area contributed by atoms with Crippen LogP contribution < -0.4 is 15.2 Å². The lowest BCUT2D eigenvalue weighted by atomic mass is 10.1. The summed E-state index contributed by atoms with van der Waals surface area (Å²) in [6.07, 6.45) is 0.122. The van der Waals surface area contributed by atoms with Crippen molar-refractivity contribution >= 4 is 11.8 Å². The van der Waals surface area contributed by atoms with Crippen LogP contribution in [0.15, 0.2) is 24.3 Å². The van der Waals surface area contributed by atoms with Crippen molar-refractivity contribution in [2.45, 2.75) is 25.5 Å². The molecule has 0 radical (unpaired) electrons. The molecule has 0 bridgehead atoms. The lowest BCUT2D eigenvalue weighted by Gasteiger charge is -2.27. The Morgan fingerprint density at radius 1 is 1.35 bits per heavy atom. The fourth-order valence-electron chi connectivity index (χ4n) is 1.60. The minimum Gasteiger partial charge on any atom is -0.486 e. The average Bonchev–Trinajstić information content (AvgIpc) is 2.27. The summed E-state index contributed by atoms with van der Waals surface area (Å²) in [5, 5.41) is 0. The number of para-hydroxylation sites is 2. The molecule has 17 heavy (non-hydrogen) atoms. The predicted molar refractivity (Wildman–Crippen MR) is 71.9 cm³/mol. The van der Waals surface area contributed by atoms with Crippen LogP contribution in [0.5, 0.6) is 11.5 Å². The zero-order chi connectivity index (χ0) is 12.3. The van der Waals surface area contributed by atoms with E-state index in [-0.39, 0.29) is 11.6 Å². The van der Waals surface area contributed by atoms with Crippen LogP contribution in [0.3, 0.4) is 0 Å². The highest BCUT2D eigenvalue weighted by atomic mass is 32.2. The van der Waals surface area contributed by atoms with Gasteiger partial charge in [-0.25, -0.2) is 0 Å². The maximum Gasteiger partial charge on any atom is 0.161 e. The van der Waals surface area contributed by atoms with Crippen molar-refractivity contribution < 1.29 is 9.47 Å². The Labute approximate surface area is 107 Å². The molecule has 1 aliphatic rings. The number of ether oxygens (including phenoxy) is 2. The summed E-state index contributed by atoms with van der Waals surface area (Å²) in [6.45, 7) is 4.69. The first-order valence-electron chi connectivity index (χ1n) is 5.80. The molecule has 1 aromatic rings. The van der Waals surface area contributed by atoms with E-state index in [9.17, 15) is 0 Å². The molecule has 1 aliphatic heterocycles. The number of fused-ring (bicyclic) bond motifs is 1. The summed E-state index contributed by atoms with van der Waals surface area (Å²) in [5.74, 6) is 3.52. The minimum atomic E-state index is -0.127. The molecule has 0 aromatic heterocycles. The van der Waals surface area contributed by atoms with Gasteiger partial charge in [0.25, 0.3) is 0 Å². The van der Waals surface area contributed by atoms with Crippen molar-refractivity contribution in [1.82, 2.24) is 0 Å². The minimum absolute atomic E-state index is 0.122. The highest BCUT2D eigenvalue weighted by Gasteiger charge is 2.21. The number of nitrogens with two attached hydrogens (primary N) is 1. The quantitative estimate of drug-likeness (QED) is 0.894. The largest absolute Gasteiger partial charge is 0.486 e. The Morgan fingerprint density at radius 2 is 2.06 bits per heavy atom. The summed E-state index contributed by atoms with van der Waals surface area (Å²) in [7, 11) is 0. The van der Waals surface area contributed by atoms with Gasteiger partial charge in [0.15, 0.2) is 11.5 Å². The fraction of sp³-hybridized carbons (Fsp3) is 0.538. The predicted octanol–water partition coefficient (Wildman–Crippen LogP) is 2.30. The first-order valence-corrected chi connectivity index (χ1v) is 6.95. The summed E-state index contributed by atoms with van der Waals surface area (Å²) in [4.78, 5) is 0. The van der Waals surface area contributed by atoms with Crippen LogP contribution >= 0.6 is 11.8 Å². The number of hydrogen-bond donors (Lipinski definition) is 1. The van der Waals surface area contributed by atoms with E-state index in [0.717, 1.165) is 23.0 Å². The topological polar surface area (TPSA) is 44.5 Å². The number of thioether (sulfide) groups is 1. The molecule has 4 heteroatoms. The fourth-order valence-corrected chi connectivity index (χ4v) is 2.67. The molecule has 1 atom stereocenters. The summed E-state index contributed by atoms with van der Waals surface area (Å²) in [5.41, 5.74) is 5.81. The van der Waals surface area contributed by atoms with Crippen LogP contribution in [0.4, 0.5) is 0 Å². The third kappa shape index (κ3) is 3.82. The van der Waals surface area contributed by atoms with Crippen molar-refractivity contribution in [3.8, 4) is 11.5 Å². The van der Waals surface area contributed by atoms with E-state index in [0.29, 0.717) is 6.61 Å². The Morgan fingerprint density at radius 3 is 2.76 bits per heavy atom. The molecule has 94 valence electrons. The molecule has 1 unspecified atom stereocenters. The Kier molecular flexibility index (Phi) is 3.84. The lowest BCUT2D eigenvalue weighted by molar-refractivity contribution is 0.107. The first kappa shape index (κ1) is 12.6. The molecule has 0 amide bonds. The van der Waals surface area contributed by atoms with Crippen molar-refractivity contribution in [3.05, 3.63) is 24.3 Å². The average molecular weight is 253 g/mol. The van der Waals surface area contributed by atoms with Gasteiger partial charge in [0.1, 0.15) is 12.7 Å². The molecule has 2 N–H and O–H groups in total. The van der Waals surface area contributed by atoms with Crippen LogP contribution in [-0.2, 0) is 0 Å². The van der Waals surface area contributed by atoms with E-state index in [4.69, 9.17) is 15.2 Å². The number of rotatable bonds is 4. The standard InChI is InChI=1S/C13H19NO2S/c1-13(2,14)9-17-8-10-7-15-11-5-3-4-6-12(11)16-10/h3-6,10H,7-9,14H2,1-2H3. The number of benzene rings is 1. The maximum atomic E-state index is 5.93. The Hall–Kier alpha value is -0.870. The molecule has 0 saturated carbocycles. The van der Waals surface area contributed by atoms with Crippen LogP contribution in [0.2, 0.25) is 0 Å². The van der Waals surface area contributed by atoms with Crippen LogP contribution in [0.25, 0.3) is 0 Å². The summed E-state index contributed by atoms with van der Waals surface area (Å²) >= 11 is 1.81. The molecule has 1 aromatic carbocycles. The van der Waals surface area contributed by atoms with Gasteiger partial charge in [-0.15, -0.1) is 0 Å². The first-order chi connectivity index (χ1) is 8.04. The van der Waals surface area contributed by atoms with Gasteiger partial charge >= 0.3 is 0 Å². The summed E-state index contributed by atoms with van der Waals surface area (Å²) < 4.78 is 11.5. The van der Waals surface area contributed by atoms with Crippen LogP contribution in [0, 0.1) is 0 Å². The van der Waals surface area contributed by atoms with Crippen molar-refractivity contribution in [3.63, 3.8) is 0 Å². The molecule has 0 saturated heterocycles. The molecular weight excluding hydrogens is 234 g/mol. The Balaban J connectivity index is 1.82. The molecule has 0 spiro atoms. The van der Waals surface area contributed by atoms with Gasteiger partial charge in [0, 0.05) is 17.0 Å². The van der Waals surface area contributed by atoms with Crippen molar-refractivity contribution in [2.75, 3.05) is 18.1 Å². The zero-order valence-electron chi connectivity index (χ0n) is 10.3. The van der Waals surface area contributed by atoms with Crippen LogP contribution in [0.1, 0.15) is 13.8 Å². The maximum absolute atomic E-state index is 5.93. The lowest BCUT2D eigenvalue weighted by Crippen LogP contribution is -2.36. The molecule has 0 aliphatic carbocycles. The second kappa shape index (κ2) is 5.19. The molecule has 1 heterocycles. The third-order valence-electron chi connectivity index (χ3n) is 2.35. The van der Waals surface area contributed by atoms with Gasteiger partial charge in [0.2, 0.25) is 0 Å². The van der Waals surface area contributed by atoms with Crippen LogP contribution in [-0.4, -0.2) is 29.8 Å². The molecule has 2 rings (SSSR count). The zero-order valence-corrected chi connectivity index (χ0v) is 11.1. The molecular formula is C13H19NO2S. The van der Waals surface area contributed by atoms with Gasteiger partial charge in [-0.05, 0) is 26.0 Å². The monoisotopic (exact) mass is 253 g/mol. The summed E-state index contributed by atoms with van der Waals surface area (Å²) in [6, 6.07) is 7.79. The van der Waals surface area contributed by atoms with E-state index in [1.54, 1.807) is 0 Å². The van der Waals surface area contributed by atoms with E-state index >= 15 is 0 Å². The van der Waals surface area contributed by atoms with Gasteiger partial charge in [-0.1, -0.05) is 12.1 Å². The van der Waals surface area contributed by atoms with E-state index in [1.165, 1.54) is 0 Å². The van der Waals surface area contributed by atoms with Gasteiger partial charge in [-0.2, -0.15) is 11.8 Å². The SMILES string of the molecule is CC(C)(N)CSCC1COc2ccccc2O1. The highest BCUT2D eigenvalue weighted by Crippen LogP contribution is 2.31. The Bertz CT molecular complexity index is 376. The molecule has 0 fully saturated rings. The van der Waals surface area contributed by atoms with Crippen molar-refractivity contribution in [2.24, 2.45) is 5.73 Å². The van der Waals surface area contributed by atoms with E-state index in [2.05, 4.69) is 0 Å². The van der Waals surface area contributed by atoms with Gasteiger partial charge in [-0.3, -0.25) is 0 Å². The van der Waals surface area contributed by atoms with E-state index < -0.39 is 0 Å². The third-order valence-corrected chi connectivity index (χ3v) is 3.90. The number of hydrogen-bond acceptors (Lipinski definition) is 4. The second-order valence-electron chi connectivity index (χ2n) is 5.00. The van der Waals surface area contributed by atoms with Crippen molar-refractivity contribution in [1.29, 1.82) is 0 Å². The molecule has 3 nitrogen and oxygen atoms in total. The van der Waals surface area contributed by atoms with Gasteiger partial charge in [0.05, 0.1) is 0 Å². The van der Waals surface area contributed by atoms with Gasteiger partial charge < -0.3 is 15.2 Å². The normalized spacial score (nSPS) is 19.1.